The lowest BCUT2D eigenvalue weighted by Crippen LogP contribution is -2.51. The molecule has 1 saturated heterocycles. The molecule has 12 heavy (non-hydrogen) atoms. The van der Waals surface area contributed by atoms with Gasteiger partial charge in [-0.1, -0.05) is 27.7 Å². The molecular formula is C10H20O2. The molecule has 0 saturated carbocycles. The first kappa shape index (κ1) is 10.0. The second-order valence-electron chi connectivity index (χ2n) is 4.17. The average molecular weight is 172 g/mol. The Hall–Kier alpha value is -0.0800. The fraction of sp³-hybridized carbons (Fsp3) is 1.00. The molecule has 0 bridgehead atoms. The van der Waals surface area contributed by atoms with Gasteiger partial charge in [-0.05, 0) is 11.8 Å². The summed E-state index contributed by atoms with van der Waals surface area (Å²) >= 11 is 0. The molecule has 0 radical (unpaired) electrons. The van der Waals surface area contributed by atoms with Crippen LogP contribution in [0.4, 0.5) is 0 Å². The van der Waals surface area contributed by atoms with Gasteiger partial charge in [-0.15, -0.1) is 0 Å². The molecule has 0 aromatic rings. The van der Waals surface area contributed by atoms with Crippen molar-refractivity contribution in [1.29, 1.82) is 0 Å². The molecule has 0 unspecified atom stereocenters. The maximum absolute atomic E-state index is 5.86. The van der Waals surface area contributed by atoms with Crippen molar-refractivity contribution in [3.05, 3.63) is 0 Å². The van der Waals surface area contributed by atoms with Crippen LogP contribution in [0.15, 0.2) is 0 Å². The average Bonchev–Trinajstić information content (AvgIpc) is 2.05. The van der Waals surface area contributed by atoms with E-state index in [0.717, 1.165) is 19.8 Å². The summed E-state index contributed by atoms with van der Waals surface area (Å²) < 4.78 is 11.3. The van der Waals surface area contributed by atoms with Gasteiger partial charge in [0.1, 0.15) is 0 Å². The summed E-state index contributed by atoms with van der Waals surface area (Å²) in [5.74, 6) is 1.05. The Morgan fingerprint density at radius 3 is 1.83 bits per heavy atom. The molecule has 1 aliphatic heterocycles. The third kappa shape index (κ3) is 1.64. The first-order valence-corrected chi connectivity index (χ1v) is 4.81. The van der Waals surface area contributed by atoms with Gasteiger partial charge in [0.25, 0.3) is 0 Å². The second-order valence-corrected chi connectivity index (χ2v) is 4.17. The topological polar surface area (TPSA) is 18.5 Å². The largest absolute Gasteiger partial charge is 0.376 e. The van der Waals surface area contributed by atoms with E-state index in [1.807, 2.05) is 0 Å². The van der Waals surface area contributed by atoms with E-state index < -0.39 is 0 Å². The summed E-state index contributed by atoms with van der Waals surface area (Å²) in [6.45, 7) is 11.1. The van der Waals surface area contributed by atoms with E-state index in [9.17, 15) is 0 Å². The number of rotatable bonds is 2. The summed E-state index contributed by atoms with van der Waals surface area (Å²) in [5.41, 5.74) is -0.0434. The fourth-order valence-electron chi connectivity index (χ4n) is 1.90. The zero-order chi connectivity index (χ0) is 9.19. The molecule has 2 heteroatoms. The molecule has 1 aliphatic rings. The highest BCUT2D eigenvalue weighted by atomic mass is 16.6. The fourth-order valence-corrected chi connectivity index (χ4v) is 1.90. The molecule has 72 valence electrons. The van der Waals surface area contributed by atoms with E-state index in [2.05, 4.69) is 27.7 Å². The van der Waals surface area contributed by atoms with E-state index in [-0.39, 0.29) is 5.60 Å². The Bertz CT molecular complexity index is 125. The van der Waals surface area contributed by atoms with Gasteiger partial charge in [-0.2, -0.15) is 0 Å². The van der Waals surface area contributed by atoms with Gasteiger partial charge in [0, 0.05) is 0 Å². The molecule has 0 aliphatic carbocycles. The van der Waals surface area contributed by atoms with Gasteiger partial charge in [-0.3, -0.25) is 0 Å². The van der Waals surface area contributed by atoms with Gasteiger partial charge in [0.15, 0.2) is 0 Å². The lowest BCUT2D eigenvalue weighted by molar-refractivity contribution is -0.199. The van der Waals surface area contributed by atoms with Gasteiger partial charge in [0.05, 0.1) is 25.4 Å². The van der Waals surface area contributed by atoms with Crippen LogP contribution in [0.5, 0.6) is 0 Å². The molecule has 1 rings (SSSR count). The molecule has 0 aromatic carbocycles. The minimum Gasteiger partial charge on any atom is -0.376 e. The maximum Gasteiger partial charge on any atom is 0.0961 e. The lowest BCUT2D eigenvalue weighted by Gasteiger charge is -2.43. The molecule has 0 aromatic heterocycles. The third-order valence-corrected chi connectivity index (χ3v) is 2.88. The summed E-state index contributed by atoms with van der Waals surface area (Å²) in [5, 5.41) is 0. The highest BCUT2D eigenvalue weighted by Crippen LogP contribution is 2.32. The summed E-state index contributed by atoms with van der Waals surface area (Å²) in [4.78, 5) is 0. The predicted octanol–water partition coefficient (Wildman–Crippen LogP) is 2.08. The Balaban J connectivity index is 2.70. The maximum atomic E-state index is 5.86. The predicted molar refractivity (Wildman–Crippen MR) is 49.2 cm³/mol. The van der Waals surface area contributed by atoms with E-state index in [1.165, 1.54) is 0 Å². The van der Waals surface area contributed by atoms with Crippen molar-refractivity contribution in [2.24, 2.45) is 11.8 Å². The third-order valence-electron chi connectivity index (χ3n) is 2.88. The Labute approximate surface area is 75.2 Å². The zero-order valence-electron chi connectivity index (χ0n) is 8.59. The highest BCUT2D eigenvalue weighted by Gasteiger charge is 2.40. The zero-order valence-corrected chi connectivity index (χ0v) is 8.59. The molecule has 0 atom stereocenters. The highest BCUT2D eigenvalue weighted by molar-refractivity contribution is 4.88. The number of hydrogen-bond donors (Lipinski definition) is 0. The van der Waals surface area contributed by atoms with E-state index in [0.29, 0.717) is 11.8 Å². The minimum atomic E-state index is -0.0434. The molecule has 0 spiro atoms. The quantitative estimate of drug-likeness (QED) is 0.635. The van der Waals surface area contributed by atoms with E-state index >= 15 is 0 Å². The lowest BCUT2D eigenvalue weighted by atomic mass is 9.80. The molecule has 0 N–H and O–H groups in total. The number of hydrogen-bond acceptors (Lipinski definition) is 2. The number of ether oxygens (including phenoxy) is 2. The first-order chi connectivity index (χ1) is 5.59. The molecule has 2 nitrogen and oxygen atoms in total. The van der Waals surface area contributed by atoms with Crippen LogP contribution in [0, 0.1) is 11.8 Å². The molecular weight excluding hydrogens is 152 g/mol. The summed E-state index contributed by atoms with van der Waals surface area (Å²) in [6.07, 6.45) is 0. The second kappa shape index (κ2) is 3.75. The van der Waals surface area contributed by atoms with Crippen LogP contribution in [0.2, 0.25) is 0 Å². The van der Waals surface area contributed by atoms with Crippen LogP contribution in [0.25, 0.3) is 0 Å². The van der Waals surface area contributed by atoms with Crippen LogP contribution < -0.4 is 0 Å². The van der Waals surface area contributed by atoms with Gasteiger partial charge >= 0.3 is 0 Å². The summed E-state index contributed by atoms with van der Waals surface area (Å²) in [6, 6.07) is 0. The van der Waals surface area contributed by atoms with Crippen molar-refractivity contribution in [3.63, 3.8) is 0 Å². The van der Waals surface area contributed by atoms with Gasteiger partial charge in [-0.25, -0.2) is 0 Å². The SMILES string of the molecule is CC(C)C1(C(C)C)COCCO1. The van der Waals surface area contributed by atoms with Crippen molar-refractivity contribution in [2.75, 3.05) is 19.8 Å². The standard InChI is InChI=1S/C10H20O2/c1-8(2)10(9(3)4)7-11-5-6-12-10/h8-9H,5-7H2,1-4H3. The van der Waals surface area contributed by atoms with Crippen molar-refractivity contribution in [3.8, 4) is 0 Å². The van der Waals surface area contributed by atoms with Gasteiger partial charge < -0.3 is 9.47 Å². The van der Waals surface area contributed by atoms with Crippen LogP contribution in [0.1, 0.15) is 27.7 Å². The first-order valence-electron chi connectivity index (χ1n) is 4.81. The normalized spacial score (nSPS) is 23.5. The van der Waals surface area contributed by atoms with Crippen molar-refractivity contribution < 1.29 is 9.47 Å². The molecule has 0 amide bonds. The Morgan fingerprint density at radius 2 is 1.58 bits per heavy atom. The Kier molecular flexibility index (Phi) is 3.13. The van der Waals surface area contributed by atoms with Crippen molar-refractivity contribution >= 4 is 0 Å². The van der Waals surface area contributed by atoms with E-state index in [4.69, 9.17) is 9.47 Å². The van der Waals surface area contributed by atoms with Crippen molar-refractivity contribution in [1.82, 2.24) is 0 Å². The Morgan fingerprint density at radius 1 is 1.00 bits per heavy atom. The smallest absolute Gasteiger partial charge is 0.0961 e. The van der Waals surface area contributed by atoms with Crippen LogP contribution >= 0.6 is 0 Å². The van der Waals surface area contributed by atoms with Crippen LogP contribution in [0.3, 0.4) is 0 Å². The van der Waals surface area contributed by atoms with Gasteiger partial charge in [0.2, 0.25) is 0 Å². The molecule has 1 fully saturated rings. The van der Waals surface area contributed by atoms with Crippen LogP contribution in [-0.2, 0) is 9.47 Å². The summed E-state index contributed by atoms with van der Waals surface area (Å²) in [7, 11) is 0. The van der Waals surface area contributed by atoms with Crippen LogP contribution in [-0.4, -0.2) is 25.4 Å². The minimum absolute atomic E-state index is 0.0434. The van der Waals surface area contributed by atoms with Crippen molar-refractivity contribution in [2.45, 2.75) is 33.3 Å². The monoisotopic (exact) mass is 172 g/mol. The van der Waals surface area contributed by atoms with E-state index in [1.54, 1.807) is 0 Å². The molecule has 1 heterocycles.